The van der Waals surface area contributed by atoms with Gasteiger partial charge in [0.15, 0.2) is 5.82 Å². The van der Waals surface area contributed by atoms with E-state index in [1.807, 2.05) is 0 Å². The van der Waals surface area contributed by atoms with Crippen LogP contribution in [0, 0.1) is 0 Å². The lowest BCUT2D eigenvalue weighted by Gasteiger charge is -2.19. The molecule has 2 aromatic rings. The van der Waals surface area contributed by atoms with Crippen LogP contribution in [0.1, 0.15) is 0 Å². The Kier molecular flexibility index (Phi) is 3.38. The van der Waals surface area contributed by atoms with Crippen molar-refractivity contribution in [3.8, 4) is 0 Å². The minimum Gasteiger partial charge on any atom is -0.480 e. The van der Waals surface area contributed by atoms with E-state index in [4.69, 9.17) is 10.2 Å². The fourth-order valence-electron chi connectivity index (χ4n) is 1.53. The van der Waals surface area contributed by atoms with Crippen LogP contribution in [0.5, 0.6) is 0 Å². The van der Waals surface area contributed by atoms with Crippen LogP contribution >= 0.6 is 11.3 Å². The van der Waals surface area contributed by atoms with E-state index in [2.05, 4.69) is 9.97 Å². The highest BCUT2D eigenvalue weighted by Crippen LogP contribution is 2.27. The highest BCUT2D eigenvalue weighted by atomic mass is 32.1. The monoisotopic (exact) mass is 267 g/mol. The Balaban J connectivity index is 2.42. The summed E-state index contributed by atoms with van der Waals surface area (Å²) in [6.07, 6.45) is 1.29. The first kappa shape index (κ1) is 12.2. The molecule has 0 radical (unpaired) electrons. The van der Waals surface area contributed by atoms with Crippen molar-refractivity contribution >= 4 is 39.3 Å². The van der Waals surface area contributed by atoms with Gasteiger partial charge in [0.2, 0.25) is 0 Å². The van der Waals surface area contributed by atoms with Gasteiger partial charge in [0.05, 0.1) is 10.2 Å². The van der Waals surface area contributed by atoms with E-state index in [0.29, 0.717) is 16.0 Å². The zero-order valence-corrected chi connectivity index (χ0v) is 9.92. The van der Waals surface area contributed by atoms with Crippen molar-refractivity contribution in [2.24, 2.45) is 0 Å². The second-order valence-electron chi connectivity index (χ2n) is 3.48. The Morgan fingerprint density at radius 1 is 1.22 bits per heavy atom. The predicted molar refractivity (Wildman–Crippen MR) is 64.9 cm³/mol. The fourth-order valence-corrected chi connectivity index (χ4v) is 2.40. The smallest absolute Gasteiger partial charge is 0.323 e. The first-order chi connectivity index (χ1) is 8.58. The molecule has 0 aliphatic heterocycles. The summed E-state index contributed by atoms with van der Waals surface area (Å²) in [6.45, 7) is -0.841. The molecule has 18 heavy (non-hydrogen) atoms. The van der Waals surface area contributed by atoms with E-state index in [1.54, 1.807) is 11.4 Å². The maximum Gasteiger partial charge on any atom is 0.323 e. The molecule has 8 heteroatoms. The van der Waals surface area contributed by atoms with Gasteiger partial charge in [-0.2, -0.15) is 0 Å². The summed E-state index contributed by atoms with van der Waals surface area (Å²) in [6, 6.07) is 1.77. The lowest BCUT2D eigenvalue weighted by Crippen LogP contribution is -2.35. The first-order valence-corrected chi connectivity index (χ1v) is 5.82. The quantitative estimate of drug-likeness (QED) is 0.820. The maximum absolute atomic E-state index is 10.8. The standard InChI is InChI=1S/C10H9N3O4S/c14-7(15)3-13(4-8(16)17)10-9-6(1-2-18-9)11-5-12-10/h1-2,5H,3-4H2,(H,14,15)(H,16,17). The number of anilines is 1. The molecule has 2 aromatic heterocycles. The van der Waals surface area contributed by atoms with Crippen LogP contribution in [-0.4, -0.2) is 45.2 Å². The molecule has 0 amide bonds. The number of aliphatic carboxylic acids is 2. The Labute approximate surface area is 105 Å². The van der Waals surface area contributed by atoms with Crippen molar-refractivity contribution in [2.45, 2.75) is 0 Å². The molecule has 0 spiro atoms. The van der Waals surface area contributed by atoms with Gasteiger partial charge in [-0.25, -0.2) is 9.97 Å². The summed E-state index contributed by atoms with van der Waals surface area (Å²) < 4.78 is 0.681. The molecule has 0 aliphatic rings. The molecule has 0 fully saturated rings. The van der Waals surface area contributed by atoms with Gasteiger partial charge in [-0.15, -0.1) is 11.3 Å². The number of carboxylic acids is 2. The lowest BCUT2D eigenvalue weighted by atomic mass is 10.4. The second kappa shape index (κ2) is 4.96. The number of carbonyl (C=O) groups is 2. The molecule has 94 valence electrons. The second-order valence-corrected chi connectivity index (χ2v) is 4.39. The minimum absolute atomic E-state index is 0.333. The van der Waals surface area contributed by atoms with E-state index in [0.717, 1.165) is 0 Å². The van der Waals surface area contributed by atoms with Crippen LogP contribution < -0.4 is 4.90 Å². The van der Waals surface area contributed by atoms with Crippen molar-refractivity contribution < 1.29 is 19.8 Å². The number of aromatic nitrogens is 2. The Morgan fingerprint density at radius 3 is 2.50 bits per heavy atom. The largest absolute Gasteiger partial charge is 0.480 e. The average Bonchev–Trinajstić information content (AvgIpc) is 2.74. The van der Waals surface area contributed by atoms with E-state index in [-0.39, 0.29) is 0 Å². The molecule has 7 nitrogen and oxygen atoms in total. The average molecular weight is 267 g/mol. The van der Waals surface area contributed by atoms with Gasteiger partial charge < -0.3 is 15.1 Å². The van der Waals surface area contributed by atoms with Gasteiger partial charge in [0, 0.05) is 0 Å². The van der Waals surface area contributed by atoms with E-state index in [9.17, 15) is 9.59 Å². The molecule has 2 heterocycles. The number of rotatable bonds is 5. The molecule has 2 N–H and O–H groups in total. The van der Waals surface area contributed by atoms with E-state index < -0.39 is 25.0 Å². The molecule has 0 aliphatic carbocycles. The van der Waals surface area contributed by atoms with Crippen molar-refractivity contribution in [3.05, 3.63) is 17.8 Å². The zero-order chi connectivity index (χ0) is 13.1. The zero-order valence-electron chi connectivity index (χ0n) is 9.11. The van der Waals surface area contributed by atoms with E-state index in [1.165, 1.54) is 22.6 Å². The van der Waals surface area contributed by atoms with E-state index >= 15 is 0 Å². The summed E-state index contributed by atoms with van der Waals surface area (Å²) in [5, 5.41) is 19.4. The third-order valence-corrected chi connectivity index (χ3v) is 3.08. The molecule has 0 aromatic carbocycles. The molecule has 0 saturated heterocycles. The van der Waals surface area contributed by atoms with Gasteiger partial charge in [-0.1, -0.05) is 0 Å². The van der Waals surface area contributed by atoms with Gasteiger partial charge in [-0.3, -0.25) is 9.59 Å². The number of hydrogen-bond acceptors (Lipinski definition) is 6. The van der Waals surface area contributed by atoms with Crippen molar-refractivity contribution in [1.82, 2.24) is 9.97 Å². The van der Waals surface area contributed by atoms with Gasteiger partial charge in [0.25, 0.3) is 0 Å². The van der Waals surface area contributed by atoms with Crippen LogP contribution in [0.3, 0.4) is 0 Å². The first-order valence-electron chi connectivity index (χ1n) is 4.94. The highest BCUT2D eigenvalue weighted by molar-refractivity contribution is 7.17. The normalized spacial score (nSPS) is 10.4. The van der Waals surface area contributed by atoms with Gasteiger partial charge in [0.1, 0.15) is 19.4 Å². The minimum atomic E-state index is -1.11. The van der Waals surface area contributed by atoms with Crippen LogP contribution in [0.2, 0.25) is 0 Å². The predicted octanol–water partition coefficient (Wildman–Crippen LogP) is 0.667. The van der Waals surface area contributed by atoms with Crippen LogP contribution in [0.25, 0.3) is 10.2 Å². The van der Waals surface area contributed by atoms with Crippen molar-refractivity contribution in [1.29, 1.82) is 0 Å². The van der Waals surface area contributed by atoms with Crippen LogP contribution in [0.4, 0.5) is 5.82 Å². The molecule has 2 rings (SSSR count). The fraction of sp³-hybridized carbons (Fsp3) is 0.200. The number of hydrogen-bond donors (Lipinski definition) is 2. The summed E-state index contributed by atoms with van der Waals surface area (Å²) in [5.74, 6) is -1.89. The highest BCUT2D eigenvalue weighted by Gasteiger charge is 2.18. The number of nitrogens with zero attached hydrogens (tertiary/aromatic N) is 3. The number of thiophene rings is 1. The Hall–Kier alpha value is -2.22. The maximum atomic E-state index is 10.8. The Morgan fingerprint density at radius 2 is 1.89 bits per heavy atom. The number of carboxylic acid groups (broad SMARTS) is 2. The lowest BCUT2D eigenvalue weighted by molar-refractivity contribution is -0.136. The molecule has 0 bridgehead atoms. The molecular weight excluding hydrogens is 258 g/mol. The SMILES string of the molecule is O=C(O)CN(CC(=O)O)c1ncnc2ccsc12. The summed E-state index contributed by atoms with van der Waals surface area (Å²) in [4.78, 5) is 30.7. The summed E-state index contributed by atoms with van der Waals surface area (Å²) >= 11 is 1.34. The van der Waals surface area contributed by atoms with Crippen molar-refractivity contribution in [3.63, 3.8) is 0 Å². The summed E-state index contributed by atoms with van der Waals surface area (Å²) in [7, 11) is 0. The number of fused-ring (bicyclic) bond motifs is 1. The van der Waals surface area contributed by atoms with Crippen LogP contribution in [-0.2, 0) is 9.59 Å². The summed E-state index contributed by atoms with van der Waals surface area (Å²) in [5.41, 5.74) is 0.672. The molecule has 0 unspecified atom stereocenters. The molecule has 0 saturated carbocycles. The van der Waals surface area contributed by atoms with Gasteiger partial charge in [-0.05, 0) is 11.4 Å². The third-order valence-electron chi connectivity index (χ3n) is 2.18. The Bertz CT molecular complexity index is 582. The molecule has 0 atom stereocenters. The van der Waals surface area contributed by atoms with Crippen molar-refractivity contribution in [2.75, 3.05) is 18.0 Å². The molecular formula is C10H9N3O4S. The van der Waals surface area contributed by atoms with Crippen LogP contribution in [0.15, 0.2) is 17.8 Å². The third kappa shape index (κ3) is 2.54. The topological polar surface area (TPSA) is 104 Å². The van der Waals surface area contributed by atoms with Gasteiger partial charge >= 0.3 is 11.9 Å².